The number of carbonyl (C=O) groups is 1. The summed E-state index contributed by atoms with van der Waals surface area (Å²) in [4.78, 5) is 21.8. The SMILES string of the molecule is CC(C)c1c(-c2ccc3nccn3c2)[nH]c2ccc(C3CCN(CC(=O)NCC(F)(F)F)CC3)cc12. The van der Waals surface area contributed by atoms with Gasteiger partial charge in [-0.25, -0.2) is 4.98 Å². The van der Waals surface area contributed by atoms with E-state index in [0.717, 1.165) is 35.3 Å². The highest BCUT2D eigenvalue weighted by molar-refractivity contribution is 5.92. The van der Waals surface area contributed by atoms with Gasteiger partial charge in [0.1, 0.15) is 12.2 Å². The highest BCUT2D eigenvalue weighted by Gasteiger charge is 2.29. The molecule has 4 heterocycles. The highest BCUT2D eigenvalue weighted by Crippen LogP contribution is 2.38. The van der Waals surface area contributed by atoms with Crippen molar-refractivity contribution in [2.75, 3.05) is 26.2 Å². The molecule has 0 bridgehead atoms. The van der Waals surface area contributed by atoms with Crippen molar-refractivity contribution in [3.8, 4) is 11.3 Å². The van der Waals surface area contributed by atoms with E-state index in [9.17, 15) is 18.0 Å². The Labute approximate surface area is 207 Å². The summed E-state index contributed by atoms with van der Waals surface area (Å²) in [6, 6.07) is 10.7. The molecule has 4 aromatic rings. The predicted molar refractivity (Wildman–Crippen MR) is 134 cm³/mol. The maximum absolute atomic E-state index is 12.3. The zero-order chi connectivity index (χ0) is 25.4. The third-order valence-corrected chi connectivity index (χ3v) is 7.03. The van der Waals surface area contributed by atoms with E-state index in [2.05, 4.69) is 54.3 Å². The topological polar surface area (TPSA) is 65.4 Å². The van der Waals surface area contributed by atoms with Gasteiger partial charge >= 0.3 is 6.18 Å². The number of H-pyrrole nitrogens is 1. The van der Waals surface area contributed by atoms with Crippen LogP contribution in [0.4, 0.5) is 13.2 Å². The summed E-state index contributed by atoms with van der Waals surface area (Å²) in [5.41, 5.74) is 6.78. The maximum atomic E-state index is 12.3. The Balaban J connectivity index is 1.33. The lowest BCUT2D eigenvalue weighted by molar-refractivity contribution is -0.139. The van der Waals surface area contributed by atoms with Gasteiger partial charge < -0.3 is 14.7 Å². The molecule has 0 radical (unpaired) electrons. The van der Waals surface area contributed by atoms with Crippen LogP contribution in [0, 0.1) is 0 Å². The summed E-state index contributed by atoms with van der Waals surface area (Å²) in [5.74, 6) is 0.0894. The molecule has 0 spiro atoms. The van der Waals surface area contributed by atoms with Gasteiger partial charge in [-0.3, -0.25) is 9.69 Å². The number of imidazole rings is 1. The molecule has 1 fully saturated rings. The summed E-state index contributed by atoms with van der Waals surface area (Å²) < 4.78 is 39.0. The molecule has 3 aromatic heterocycles. The molecule has 6 nitrogen and oxygen atoms in total. The number of pyridine rings is 1. The number of hydrogen-bond donors (Lipinski definition) is 2. The Morgan fingerprint density at radius 1 is 1.19 bits per heavy atom. The fourth-order valence-electron chi connectivity index (χ4n) is 5.26. The number of piperidine rings is 1. The number of alkyl halides is 3. The average Bonchev–Trinajstić information content (AvgIpc) is 3.46. The van der Waals surface area contributed by atoms with Gasteiger partial charge in [0.05, 0.1) is 12.2 Å². The quantitative estimate of drug-likeness (QED) is 0.372. The smallest absolute Gasteiger partial charge is 0.354 e. The first kappa shape index (κ1) is 24.4. The molecule has 1 aliphatic heterocycles. The number of likely N-dealkylation sites (tertiary alicyclic amines) is 1. The number of aromatic nitrogens is 3. The normalized spacial score (nSPS) is 15.8. The van der Waals surface area contributed by atoms with E-state index in [1.807, 2.05) is 26.9 Å². The number of fused-ring (bicyclic) bond motifs is 2. The van der Waals surface area contributed by atoms with Crippen LogP contribution in [0.15, 0.2) is 48.9 Å². The lowest BCUT2D eigenvalue weighted by Gasteiger charge is -2.31. The van der Waals surface area contributed by atoms with Crippen LogP contribution in [0.5, 0.6) is 0 Å². The summed E-state index contributed by atoms with van der Waals surface area (Å²) in [7, 11) is 0. The van der Waals surface area contributed by atoms with Gasteiger partial charge in [-0.1, -0.05) is 19.9 Å². The molecule has 0 aliphatic carbocycles. The fourth-order valence-corrected chi connectivity index (χ4v) is 5.26. The standard InChI is InChI=1S/C27H30F3N5O/c1-17(2)25-21-13-19(18-7-10-34(11-8-18)15-24(36)32-16-27(28,29)30)3-5-22(21)33-26(25)20-4-6-23-31-9-12-35(23)14-20/h3-6,9,12-14,17-18,33H,7-8,10-11,15-16H2,1-2H3,(H,32,36). The van der Waals surface area contributed by atoms with Crippen molar-refractivity contribution >= 4 is 22.5 Å². The van der Waals surface area contributed by atoms with Crippen molar-refractivity contribution < 1.29 is 18.0 Å². The van der Waals surface area contributed by atoms with Crippen LogP contribution in [-0.4, -0.2) is 57.5 Å². The van der Waals surface area contributed by atoms with E-state index in [1.54, 1.807) is 6.20 Å². The molecule has 1 aromatic carbocycles. The molecule has 1 aliphatic rings. The number of carbonyl (C=O) groups excluding carboxylic acids is 1. The molecular formula is C27H30F3N5O. The van der Waals surface area contributed by atoms with E-state index in [1.165, 1.54) is 16.5 Å². The Bertz CT molecular complexity index is 1380. The maximum Gasteiger partial charge on any atom is 0.405 e. The van der Waals surface area contributed by atoms with Gasteiger partial charge in [0.25, 0.3) is 0 Å². The van der Waals surface area contributed by atoms with Crippen LogP contribution in [-0.2, 0) is 4.79 Å². The van der Waals surface area contributed by atoms with Gasteiger partial charge in [-0.15, -0.1) is 0 Å². The third-order valence-electron chi connectivity index (χ3n) is 7.03. The molecular weight excluding hydrogens is 467 g/mol. The second-order valence-corrected chi connectivity index (χ2v) is 9.93. The second kappa shape index (κ2) is 9.61. The van der Waals surface area contributed by atoms with Gasteiger partial charge in [-0.05, 0) is 73.2 Å². The summed E-state index contributed by atoms with van der Waals surface area (Å²) in [6.07, 6.45) is 3.18. The van der Waals surface area contributed by atoms with Crippen LogP contribution >= 0.6 is 0 Å². The zero-order valence-electron chi connectivity index (χ0n) is 20.4. The van der Waals surface area contributed by atoms with Crippen LogP contribution in [0.1, 0.15) is 49.7 Å². The van der Waals surface area contributed by atoms with Crippen LogP contribution in [0.2, 0.25) is 0 Å². The van der Waals surface area contributed by atoms with Crippen molar-refractivity contribution in [3.05, 3.63) is 60.0 Å². The van der Waals surface area contributed by atoms with Crippen molar-refractivity contribution in [2.24, 2.45) is 0 Å². The molecule has 5 rings (SSSR count). The third kappa shape index (κ3) is 5.11. The van der Waals surface area contributed by atoms with Gasteiger partial charge in [0.15, 0.2) is 0 Å². The van der Waals surface area contributed by atoms with E-state index in [-0.39, 0.29) is 6.54 Å². The minimum atomic E-state index is -4.39. The molecule has 0 saturated carbocycles. The Hall–Kier alpha value is -3.33. The second-order valence-electron chi connectivity index (χ2n) is 9.93. The first-order valence-corrected chi connectivity index (χ1v) is 12.3. The van der Waals surface area contributed by atoms with Crippen molar-refractivity contribution in [3.63, 3.8) is 0 Å². The first-order chi connectivity index (χ1) is 17.2. The summed E-state index contributed by atoms with van der Waals surface area (Å²) in [5, 5.41) is 3.18. The molecule has 1 saturated heterocycles. The molecule has 2 N–H and O–H groups in total. The average molecular weight is 498 g/mol. The number of nitrogens with one attached hydrogen (secondary N) is 2. The number of halogens is 3. The lowest BCUT2D eigenvalue weighted by Crippen LogP contribution is -2.43. The number of benzene rings is 1. The number of hydrogen-bond acceptors (Lipinski definition) is 3. The highest BCUT2D eigenvalue weighted by atomic mass is 19.4. The fraction of sp³-hybridized carbons (Fsp3) is 0.407. The van der Waals surface area contributed by atoms with Crippen molar-refractivity contribution in [2.45, 2.75) is 44.7 Å². The molecule has 0 unspecified atom stereocenters. The summed E-state index contributed by atoms with van der Waals surface area (Å²) >= 11 is 0. The molecule has 36 heavy (non-hydrogen) atoms. The number of aromatic amines is 1. The van der Waals surface area contributed by atoms with E-state index < -0.39 is 18.6 Å². The van der Waals surface area contributed by atoms with Crippen LogP contribution in [0.25, 0.3) is 27.8 Å². The molecule has 9 heteroatoms. The Kier molecular flexibility index (Phi) is 6.51. The van der Waals surface area contributed by atoms with E-state index in [4.69, 9.17) is 0 Å². The number of nitrogens with zero attached hydrogens (tertiary/aromatic N) is 3. The first-order valence-electron chi connectivity index (χ1n) is 12.3. The Morgan fingerprint density at radius 3 is 2.69 bits per heavy atom. The zero-order valence-corrected chi connectivity index (χ0v) is 20.4. The van der Waals surface area contributed by atoms with Crippen molar-refractivity contribution in [1.29, 1.82) is 0 Å². The van der Waals surface area contributed by atoms with Crippen molar-refractivity contribution in [1.82, 2.24) is 24.6 Å². The van der Waals surface area contributed by atoms with Gasteiger partial charge in [0.2, 0.25) is 5.91 Å². The summed E-state index contributed by atoms with van der Waals surface area (Å²) in [6.45, 7) is 4.50. The predicted octanol–water partition coefficient (Wildman–Crippen LogP) is 5.46. The van der Waals surface area contributed by atoms with Gasteiger partial charge in [-0.2, -0.15) is 13.2 Å². The lowest BCUT2D eigenvalue weighted by atomic mass is 9.87. The largest absolute Gasteiger partial charge is 0.405 e. The molecule has 190 valence electrons. The molecule has 1 amide bonds. The minimum Gasteiger partial charge on any atom is -0.354 e. The number of amides is 1. The minimum absolute atomic E-state index is 0.00175. The number of rotatable bonds is 6. The van der Waals surface area contributed by atoms with E-state index >= 15 is 0 Å². The van der Waals surface area contributed by atoms with Gasteiger partial charge in [0, 0.05) is 35.1 Å². The van der Waals surface area contributed by atoms with Crippen LogP contribution < -0.4 is 5.32 Å². The molecule has 0 atom stereocenters. The monoisotopic (exact) mass is 497 g/mol. The van der Waals surface area contributed by atoms with Crippen LogP contribution in [0.3, 0.4) is 0 Å². The van der Waals surface area contributed by atoms with E-state index in [0.29, 0.717) is 24.9 Å². The Morgan fingerprint density at radius 2 is 1.97 bits per heavy atom.